The molecule has 1 aromatic heterocycles. The summed E-state index contributed by atoms with van der Waals surface area (Å²) in [4.78, 5) is 0. The lowest BCUT2D eigenvalue weighted by Gasteiger charge is -2.10. The highest BCUT2D eigenvalue weighted by molar-refractivity contribution is 9.10. The van der Waals surface area contributed by atoms with E-state index in [1.165, 1.54) is 0 Å². The minimum Gasteiger partial charge on any atom is -0.308 e. The summed E-state index contributed by atoms with van der Waals surface area (Å²) in [6, 6.07) is 15.4. The van der Waals surface area contributed by atoms with Crippen molar-refractivity contribution in [2.45, 2.75) is 0 Å². The number of hydrogen-bond donors (Lipinski definition) is 0. The van der Waals surface area contributed by atoms with Crippen LogP contribution >= 0.6 is 15.9 Å². The van der Waals surface area contributed by atoms with E-state index < -0.39 is 6.04 Å². The Morgan fingerprint density at radius 3 is 2.19 bits per heavy atom. The molecule has 124 valence electrons. The van der Waals surface area contributed by atoms with Crippen molar-refractivity contribution in [3.05, 3.63) is 101 Å². The van der Waals surface area contributed by atoms with Crippen LogP contribution in [-0.4, -0.2) is 4.57 Å². The monoisotopic (exact) mass is 404 g/mol. The van der Waals surface area contributed by atoms with E-state index in [4.69, 9.17) is 9.60 Å². The fourth-order valence-corrected chi connectivity index (χ4v) is 3.70. The van der Waals surface area contributed by atoms with Gasteiger partial charge in [-0.25, -0.2) is 0 Å². The highest BCUT2D eigenvalue weighted by Gasteiger charge is 2.13. The third kappa shape index (κ3) is 2.38. The fraction of sp³-hybridized carbons (Fsp3) is 0. The van der Waals surface area contributed by atoms with Gasteiger partial charge in [0.05, 0.1) is 20.6 Å². The maximum Gasteiger partial charge on any atom is 0.0683 e. The maximum absolute atomic E-state index is 8.59. The highest BCUT2D eigenvalue weighted by Crippen LogP contribution is 2.36. The molecule has 0 radical (unpaired) electrons. The van der Waals surface area contributed by atoms with Gasteiger partial charge in [-0.3, -0.25) is 0 Å². The summed E-state index contributed by atoms with van der Waals surface area (Å²) in [6.07, 6.45) is 0. The summed E-state index contributed by atoms with van der Waals surface area (Å²) in [5, 5.41) is 0.388. The molecule has 0 aliphatic heterocycles. The van der Waals surface area contributed by atoms with Crippen LogP contribution in [0.4, 0.5) is 0 Å². The smallest absolute Gasteiger partial charge is 0.0683 e. The van der Waals surface area contributed by atoms with Crippen molar-refractivity contribution in [3.63, 3.8) is 0 Å². The Hall–Kier alpha value is -2.84. The summed E-state index contributed by atoms with van der Waals surface area (Å²) in [5.74, 6) is 0. The van der Waals surface area contributed by atoms with E-state index in [0.29, 0.717) is 11.2 Å². The van der Waals surface area contributed by atoms with Crippen molar-refractivity contribution < 1.29 is 9.60 Å². The third-order valence-corrected chi connectivity index (χ3v) is 4.98. The molecule has 0 atom stereocenters. The minimum atomic E-state index is -0.400. The average molecular weight is 405 g/mol. The standard InChI is InChI=1S/C24H16BrN/c25-22-11-6-10-21-20-9-4-5-12-23(20)26(24(21)22)19-15-13-18(14-16-19)17-7-2-1-3-8-17/h1-16H/i4D,5D,6D,9D,10D,11D,12D. The van der Waals surface area contributed by atoms with Gasteiger partial charge in [0.2, 0.25) is 0 Å². The van der Waals surface area contributed by atoms with Gasteiger partial charge in [0.1, 0.15) is 0 Å². The Bertz CT molecular complexity index is 1500. The zero-order chi connectivity index (χ0) is 23.6. The summed E-state index contributed by atoms with van der Waals surface area (Å²) in [5.41, 5.74) is 3.22. The number of benzene rings is 4. The molecule has 0 saturated carbocycles. The second-order valence-corrected chi connectivity index (χ2v) is 6.68. The van der Waals surface area contributed by atoms with Gasteiger partial charge in [-0.05, 0) is 51.3 Å². The number of fused-ring (bicyclic) bond motifs is 3. The molecule has 5 aromatic rings. The topological polar surface area (TPSA) is 4.93 Å². The Kier molecular flexibility index (Phi) is 2.31. The molecule has 5 rings (SSSR count). The SMILES string of the molecule is [2H]c1c([2H])c([2H])c2c(c1[2H])c1c([2H])c([2H])c([2H])c(Br)c1n2-c1ccc(-c2ccccc2)cc1. The number of nitrogens with zero attached hydrogens (tertiary/aromatic N) is 1. The first-order valence-corrected chi connectivity index (χ1v) is 8.88. The molecule has 1 heterocycles. The van der Waals surface area contributed by atoms with Crippen molar-refractivity contribution in [1.29, 1.82) is 0 Å². The molecule has 26 heavy (non-hydrogen) atoms. The van der Waals surface area contributed by atoms with E-state index in [2.05, 4.69) is 15.9 Å². The average Bonchev–Trinajstić information content (AvgIpc) is 3.20. The molecule has 0 aliphatic rings. The lowest BCUT2D eigenvalue weighted by molar-refractivity contribution is 1.18. The van der Waals surface area contributed by atoms with E-state index >= 15 is 0 Å². The van der Waals surface area contributed by atoms with Gasteiger partial charge in [-0.2, -0.15) is 0 Å². The summed E-state index contributed by atoms with van der Waals surface area (Å²) in [7, 11) is 0. The molecule has 0 N–H and O–H groups in total. The largest absolute Gasteiger partial charge is 0.308 e. The van der Waals surface area contributed by atoms with Gasteiger partial charge in [0, 0.05) is 20.9 Å². The molecule has 0 unspecified atom stereocenters. The third-order valence-electron chi connectivity index (χ3n) is 4.40. The normalized spacial score (nSPS) is 15.0. The second kappa shape index (κ2) is 6.15. The lowest BCUT2D eigenvalue weighted by Crippen LogP contribution is -1.94. The zero-order valence-corrected chi connectivity index (χ0v) is 15.1. The van der Waals surface area contributed by atoms with Crippen LogP contribution in [-0.2, 0) is 0 Å². The van der Waals surface area contributed by atoms with Crippen LogP contribution in [0.3, 0.4) is 0 Å². The Morgan fingerprint density at radius 1 is 0.692 bits per heavy atom. The van der Waals surface area contributed by atoms with Gasteiger partial charge >= 0.3 is 0 Å². The number of aromatic nitrogens is 1. The van der Waals surface area contributed by atoms with Crippen molar-refractivity contribution >= 4 is 37.7 Å². The quantitative estimate of drug-likeness (QED) is 0.292. The summed E-state index contributed by atoms with van der Waals surface area (Å²) < 4.78 is 60.4. The van der Waals surface area contributed by atoms with Crippen molar-refractivity contribution in [2.75, 3.05) is 0 Å². The molecule has 0 aliphatic carbocycles. The Labute approximate surface area is 170 Å². The molecule has 0 spiro atoms. The van der Waals surface area contributed by atoms with Gasteiger partial charge in [0.15, 0.2) is 0 Å². The first-order chi connectivity index (χ1) is 15.7. The van der Waals surface area contributed by atoms with E-state index in [0.717, 1.165) is 11.1 Å². The maximum atomic E-state index is 8.59. The molecule has 0 amide bonds. The molecular weight excluding hydrogens is 382 g/mol. The molecule has 4 aromatic carbocycles. The van der Waals surface area contributed by atoms with Gasteiger partial charge in [-0.1, -0.05) is 72.7 Å². The van der Waals surface area contributed by atoms with E-state index in [-0.39, 0.29) is 57.0 Å². The van der Waals surface area contributed by atoms with Crippen LogP contribution in [0.1, 0.15) is 9.60 Å². The summed E-state index contributed by atoms with van der Waals surface area (Å²) in [6.45, 7) is 0. The van der Waals surface area contributed by atoms with Crippen molar-refractivity contribution in [1.82, 2.24) is 4.57 Å². The second-order valence-electron chi connectivity index (χ2n) is 5.88. The zero-order valence-electron chi connectivity index (χ0n) is 20.5. The van der Waals surface area contributed by atoms with Gasteiger partial charge in [-0.15, -0.1) is 0 Å². The number of para-hydroxylation sites is 2. The van der Waals surface area contributed by atoms with E-state index in [9.17, 15) is 0 Å². The predicted octanol–water partition coefficient (Wildman–Crippen LogP) is 7.21. The number of rotatable bonds is 2. The molecule has 1 nitrogen and oxygen atoms in total. The van der Waals surface area contributed by atoms with Crippen LogP contribution in [0.2, 0.25) is 0 Å². The molecule has 2 heteroatoms. The first kappa shape index (κ1) is 9.75. The molecule has 0 bridgehead atoms. The predicted molar refractivity (Wildman–Crippen MR) is 114 cm³/mol. The van der Waals surface area contributed by atoms with Crippen LogP contribution in [0.15, 0.2) is 101 Å². The van der Waals surface area contributed by atoms with E-state index in [1.54, 1.807) is 4.57 Å². The van der Waals surface area contributed by atoms with Crippen LogP contribution in [0.25, 0.3) is 38.6 Å². The number of hydrogen-bond acceptors (Lipinski definition) is 0. The van der Waals surface area contributed by atoms with E-state index in [1.807, 2.05) is 54.6 Å². The van der Waals surface area contributed by atoms with Crippen molar-refractivity contribution in [3.8, 4) is 16.8 Å². The fourth-order valence-electron chi connectivity index (χ4n) is 3.23. The van der Waals surface area contributed by atoms with Crippen LogP contribution < -0.4 is 0 Å². The number of halogens is 1. The Balaban J connectivity index is 1.95. The van der Waals surface area contributed by atoms with Crippen LogP contribution in [0.5, 0.6) is 0 Å². The Morgan fingerprint density at radius 2 is 1.38 bits per heavy atom. The minimum absolute atomic E-state index is 0.169. The van der Waals surface area contributed by atoms with Crippen LogP contribution in [0, 0.1) is 0 Å². The van der Waals surface area contributed by atoms with Crippen molar-refractivity contribution in [2.24, 2.45) is 0 Å². The lowest BCUT2D eigenvalue weighted by atomic mass is 10.1. The molecule has 0 saturated heterocycles. The first-order valence-electron chi connectivity index (χ1n) is 11.6. The molecular formula is C24H16BrN. The molecule has 0 fully saturated rings. The highest BCUT2D eigenvalue weighted by atomic mass is 79.9. The van der Waals surface area contributed by atoms with Gasteiger partial charge in [0.25, 0.3) is 0 Å². The van der Waals surface area contributed by atoms with Gasteiger partial charge < -0.3 is 4.57 Å². The summed E-state index contributed by atoms with van der Waals surface area (Å²) >= 11 is 3.40.